The van der Waals surface area contributed by atoms with Gasteiger partial charge in [-0.05, 0) is 19.1 Å². The smallest absolute Gasteiger partial charge is 0.420 e. The molecule has 0 fully saturated rings. The lowest BCUT2D eigenvalue weighted by molar-refractivity contribution is -0.136. The molecule has 0 saturated carbocycles. The Hall–Kier alpha value is -2.23. The number of benzene rings is 2. The van der Waals surface area contributed by atoms with Crippen LogP contribution in [0.25, 0.3) is 22.3 Å². The molecule has 4 heteroatoms. The van der Waals surface area contributed by atoms with E-state index in [1.165, 1.54) is 6.07 Å². The van der Waals surface area contributed by atoms with Crippen molar-refractivity contribution in [3.8, 4) is 11.3 Å². The quantitative estimate of drug-likeness (QED) is 0.577. The summed E-state index contributed by atoms with van der Waals surface area (Å²) in [6.45, 7) is 1.83. The lowest BCUT2D eigenvalue weighted by atomic mass is 10.0. The summed E-state index contributed by atoms with van der Waals surface area (Å²) in [6, 6.07) is 13.1. The Morgan fingerprint density at radius 1 is 0.950 bits per heavy atom. The van der Waals surface area contributed by atoms with Gasteiger partial charge in [0.2, 0.25) is 0 Å². The van der Waals surface area contributed by atoms with Gasteiger partial charge in [-0.2, -0.15) is 13.2 Å². The molecule has 102 valence electrons. The summed E-state index contributed by atoms with van der Waals surface area (Å²) in [5.41, 5.74) is 0.861. The van der Waals surface area contributed by atoms with E-state index in [0.29, 0.717) is 5.56 Å². The Morgan fingerprint density at radius 2 is 1.70 bits per heavy atom. The SMILES string of the molecule is Cc1cccc(-c2oc3ccccc3c2C(F)(F)F)c1. The van der Waals surface area contributed by atoms with Gasteiger partial charge in [-0.15, -0.1) is 0 Å². The van der Waals surface area contributed by atoms with E-state index >= 15 is 0 Å². The third-order valence-corrected chi connectivity index (χ3v) is 3.16. The highest BCUT2D eigenvalue weighted by molar-refractivity contribution is 5.88. The summed E-state index contributed by atoms with van der Waals surface area (Å²) in [6.07, 6.45) is -4.45. The fraction of sp³-hybridized carbons (Fsp3) is 0.125. The van der Waals surface area contributed by atoms with Crippen molar-refractivity contribution < 1.29 is 17.6 Å². The molecule has 0 aliphatic rings. The van der Waals surface area contributed by atoms with E-state index in [1.54, 1.807) is 36.4 Å². The average Bonchev–Trinajstić information content (AvgIpc) is 2.77. The predicted octanol–water partition coefficient (Wildman–Crippen LogP) is 5.43. The maximum absolute atomic E-state index is 13.3. The van der Waals surface area contributed by atoms with E-state index in [9.17, 15) is 13.2 Å². The molecule has 0 aliphatic heterocycles. The normalized spacial score (nSPS) is 12.0. The van der Waals surface area contributed by atoms with Crippen molar-refractivity contribution in [2.45, 2.75) is 13.1 Å². The Bertz CT molecular complexity index is 769. The van der Waals surface area contributed by atoms with Crippen LogP contribution in [-0.4, -0.2) is 0 Å². The number of alkyl halides is 3. The topological polar surface area (TPSA) is 13.1 Å². The van der Waals surface area contributed by atoms with Gasteiger partial charge in [-0.3, -0.25) is 0 Å². The molecule has 0 amide bonds. The van der Waals surface area contributed by atoms with Gasteiger partial charge in [0.1, 0.15) is 16.9 Å². The first-order chi connectivity index (χ1) is 9.47. The van der Waals surface area contributed by atoms with E-state index in [0.717, 1.165) is 5.56 Å². The van der Waals surface area contributed by atoms with Crippen molar-refractivity contribution in [3.63, 3.8) is 0 Å². The van der Waals surface area contributed by atoms with E-state index in [2.05, 4.69) is 0 Å². The summed E-state index contributed by atoms with van der Waals surface area (Å²) in [5.74, 6) is -0.123. The molecule has 3 aromatic rings. The second-order valence-corrected chi connectivity index (χ2v) is 4.67. The molecule has 0 atom stereocenters. The molecule has 0 N–H and O–H groups in total. The van der Waals surface area contributed by atoms with Crippen LogP contribution in [0.4, 0.5) is 13.2 Å². The molecular formula is C16H11F3O. The third kappa shape index (κ3) is 2.07. The Morgan fingerprint density at radius 3 is 2.40 bits per heavy atom. The standard InChI is InChI=1S/C16H11F3O/c1-10-5-4-6-11(9-10)15-14(16(17,18)19)12-7-2-3-8-13(12)20-15/h2-9H,1H3. The molecule has 1 aromatic heterocycles. The van der Waals surface area contributed by atoms with Crippen LogP contribution < -0.4 is 0 Å². The molecule has 0 radical (unpaired) electrons. The zero-order valence-electron chi connectivity index (χ0n) is 10.7. The molecular weight excluding hydrogens is 265 g/mol. The van der Waals surface area contributed by atoms with E-state index in [4.69, 9.17) is 4.42 Å². The van der Waals surface area contributed by atoms with Crippen molar-refractivity contribution in [1.29, 1.82) is 0 Å². The van der Waals surface area contributed by atoms with Gasteiger partial charge < -0.3 is 4.42 Å². The number of fused-ring (bicyclic) bond motifs is 1. The molecule has 0 aliphatic carbocycles. The third-order valence-electron chi connectivity index (χ3n) is 3.16. The highest BCUT2D eigenvalue weighted by atomic mass is 19.4. The fourth-order valence-electron chi connectivity index (χ4n) is 2.32. The van der Waals surface area contributed by atoms with Crippen molar-refractivity contribution in [2.75, 3.05) is 0 Å². The minimum Gasteiger partial charge on any atom is -0.455 e. The zero-order valence-corrected chi connectivity index (χ0v) is 10.7. The molecule has 20 heavy (non-hydrogen) atoms. The van der Waals surface area contributed by atoms with Crippen molar-refractivity contribution in [2.24, 2.45) is 0 Å². The van der Waals surface area contributed by atoms with Crippen LogP contribution in [0.15, 0.2) is 52.9 Å². The number of para-hydroxylation sites is 1. The number of aryl methyl sites for hydroxylation is 1. The zero-order chi connectivity index (χ0) is 14.3. The summed E-state index contributed by atoms with van der Waals surface area (Å²) >= 11 is 0. The number of rotatable bonds is 1. The lowest BCUT2D eigenvalue weighted by Gasteiger charge is -2.07. The molecule has 0 saturated heterocycles. The van der Waals surface area contributed by atoms with Crippen LogP contribution >= 0.6 is 0 Å². The summed E-state index contributed by atoms with van der Waals surface area (Å²) in [5, 5.41) is 0.0940. The molecule has 1 nitrogen and oxygen atoms in total. The molecule has 0 spiro atoms. The van der Waals surface area contributed by atoms with Crippen LogP contribution in [0.5, 0.6) is 0 Å². The molecule has 2 aromatic carbocycles. The first-order valence-corrected chi connectivity index (χ1v) is 6.12. The van der Waals surface area contributed by atoms with Crippen LogP contribution in [0.2, 0.25) is 0 Å². The van der Waals surface area contributed by atoms with Crippen LogP contribution in [0.3, 0.4) is 0 Å². The van der Waals surface area contributed by atoms with Gasteiger partial charge in [0, 0.05) is 10.9 Å². The van der Waals surface area contributed by atoms with Gasteiger partial charge in [0.05, 0.1) is 0 Å². The largest absolute Gasteiger partial charge is 0.455 e. The van der Waals surface area contributed by atoms with Crippen LogP contribution in [0, 0.1) is 6.92 Å². The van der Waals surface area contributed by atoms with Crippen LogP contribution in [-0.2, 0) is 6.18 Å². The first-order valence-electron chi connectivity index (χ1n) is 6.12. The molecule has 0 bridgehead atoms. The molecule has 1 heterocycles. The minimum atomic E-state index is -4.45. The average molecular weight is 276 g/mol. The van der Waals surface area contributed by atoms with Crippen molar-refractivity contribution >= 4 is 11.0 Å². The predicted molar refractivity (Wildman–Crippen MR) is 71.4 cm³/mol. The Balaban J connectivity index is 2.35. The van der Waals surface area contributed by atoms with Crippen molar-refractivity contribution in [3.05, 3.63) is 59.7 Å². The van der Waals surface area contributed by atoms with Crippen molar-refractivity contribution in [1.82, 2.24) is 0 Å². The summed E-state index contributed by atoms with van der Waals surface area (Å²) in [7, 11) is 0. The lowest BCUT2D eigenvalue weighted by Crippen LogP contribution is -2.05. The van der Waals surface area contributed by atoms with Gasteiger partial charge in [-0.1, -0.05) is 42.0 Å². The van der Waals surface area contributed by atoms with E-state index < -0.39 is 11.7 Å². The number of hydrogen-bond donors (Lipinski definition) is 0. The maximum atomic E-state index is 13.3. The Labute approximate surface area is 113 Å². The monoisotopic (exact) mass is 276 g/mol. The second-order valence-electron chi connectivity index (χ2n) is 4.67. The molecule has 3 rings (SSSR count). The van der Waals surface area contributed by atoms with Gasteiger partial charge in [0.25, 0.3) is 0 Å². The van der Waals surface area contributed by atoms with Gasteiger partial charge in [-0.25, -0.2) is 0 Å². The molecule has 0 unspecified atom stereocenters. The Kier molecular flexibility index (Phi) is 2.82. The first kappa shape index (κ1) is 12.8. The van der Waals surface area contributed by atoms with Crippen LogP contribution in [0.1, 0.15) is 11.1 Å². The highest BCUT2D eigenvalue weighted by Crippen LogP contribution is 2.43. The number of halogens is 3. The van der Waals surface area contributed by atoms with E-state index in [-0.39, 0.29) is 16.7 Å². The number of furan rings is 1. The highest BCUT2D eigenvalue weighted by Gasteiger charge is 2.38. The minimum absolute atomic E-state index is 0.0940. The van der Waals surface area contributed by atoms with E-state index in [1.807, 2.05) is 13.0 Å². The maximum Gasteiger partial charge on any atom is 0.420 e. The summed E-state index contributed by atoms with van der Waals surface area (Å²) < 4.78 is 45.5. The number of hydrogen-bond acceptors (Lipinski definition) is 1. The fourth-order valence-corrected chi connectivity index (χ4v) is 2.32. The van der Waals surface area contributed by atoms with Gasteiger partial charge in [0.15, 0.2) is 0 Å². The summed E-state index contributed by atoms with van der Waals surface area (Å²) in [4.78, 5) is 0. The van der Waals surface area contributed by atoms with Gasteiger partial charge >= 0.3 is 6.18 Å². The second kappa shape index (κ2) is 4.40.